The lowest BCUT2D eigenvalue weighted by Gasteiger charge is -1.73. The van der Waals surface area contributed by atoms with E-state index in [0.717, 1.165) is 5.92 Å². The Morgan fingerprint density at radius 1 is 1.83 bits per heavy atom. The van der Waals surface area contributed by atoms with Gasteiger partial charge in [-0.05, 0) is 19.1 Å². The van der Waals surface area contributed by atoms with Gasteiger partial charge in [0.2, 0.25) is 0 Å². The van der Waals surface area contributed by atoms with Gasteiger partial charge < -0.3 is 0 Å². The van der Waals surface area contributed by atoms with Crippen molar-refractivity contribution in [3.8, 4) is 0 Å². The Labute approximate surface area is 38.1 Å². The molecule has 0 aliphatic heterocycles. The van der Waals surface area contributed by atoms with E-state index in [1.807, 2.05) is 0 Å². The zero-order valence-electron chi connectivity index (χ0n) is 4.02. The summed E-state index contributed by atoms with van der Waals surface area (Å²) in [6.07, 6.45) is 1.27. The lowest BCUT2D eigenvalue weighted by atomic mass is 10.5. The Hall–Kier alpha value is -0.330. The summed E-state index contributed by atoms with van der Waals surface area (Å²) < 4.78 is 0. The molecule has 1 heteroatoms. The highest BCUT2D eigenvalue weighted by Crippen LogP contribution is 2.31. The highest BCUT2D eigenvalue weighted by Gasteiger charge is 2.30. The third kappa shape index (κ3) is 0.445. The van der Waals surface area contributed by atoms with Crippen molar-refractivity contribution >= 4 is 6.72 Å². The van der Waals surface area contributed by atoms with E-state index in [0.29, 0.717) is 6.04 Å². The van der Waals surface area contributed by atoms with Crippen LogP contribution in [0.4, 0.5) is 0 Å². The number of hydrogen-bond acceptors (Lipinski definition) is 1. The standard InChI is InChI=1S/C5H9N/c1-4-3-5(4)6-2/h4-5H,2-3H2,1H3. The summed E-state index contributed by atoms with van der Waals surface area (Å²) in [6, 6.07) is 0.616. The van der Waals surface area contributed by atoms with Crippen molar-refractivity contribution in [2.45, 2.75) is 19.4 Å². The van der Waals surface area contributed by atoms with Crippen molar-refractivity contribution in [1.82, 2.24) is 0 Å². The highest BCUT2D eigenvalue weighted by molar-refractivity contribution is 5.25. The molecule has 0 N–H and O–H groups in total. The van der Waals surface area contributed by atoms with E-state index in [1.54, 1.807) is 0 Å². The average molecular weight is 83.1 g/mol. The van der Waals surface area contributed by atoms with Crippen molar-refractivity contribution in [2.75, 3.05) is 0 Å². The van der Waals surface area contributed by atoms with Crippen LogP contribution >= 0.6 is 0 Å². The van der Waals surface area contributed by atoms with Crippen LogP contribution in [0.3, 0.4) is 0 Å². The smallest absolute Gasteiger partial charge is 0.0522 e. The summed E-state index contributed by atoms with van der Waals surface area (Å²) in [5.41, 5.74) is 0. The van der Waals surface area contributed by atoms with Crippen molar-refractivity contribution in [3.05, 3.63) is 0 Å². The summed E-state index contributed by atoms with van der Waals surface area (Å²) in [5.74, 6) is 0.836. The quantitative estimate of drug-likeness (QED) is 0.421. The summed E-state index contributed by atoms with van der Waals surface area (Å²) in [6.45, 7) is 5.62. The second-order valence-electron chi connectivity index (χ2n) is 1.96. The normalized spacial score (nSPS) is 42.2. The molecule has 0 aromatic carbocycles. The Balaban J connectivity index is 2.25. The molecule has 0 aromatic rings. The molecule has 0 radical (unpaired) electrons. The minimum absolute atomic E-state index is 0.616. The molecule has 0 amide bonds. The van der Waals surface area contributed by atoms with Crippen LogP contribution in [0.5, 0.6) is 0 Å². The van der Waals surface area contributed by atoms with E-state index < -0.39 is 0 Å². The zero-order chi connectivity index (χ0) is 4.57. The SMILES string of the molecule is C=NC1CC1C. The molecular weight excluding hydrogens is 74.1 g/mol. The van der Waals surface area contributed by atoms with Crippen LogP contribution in [0, 0.1) is 5.92 Å². The first-order chi connectivity index (χ1) is 2.84. The summed E-state index contributed by atoms with van der Waals surface area (Å²) in [4.78, 5) is 3.83. The van der Waals surface area contributed by atoms with Gasteiger partial charge in [0.1, 0.15) is 0 Å². The molecule has 2 atom stereocenters. The van der Waals surface area contributed by atoms with Crippen LogP contribution in [0.25, 0.3) is 0 Å². The van der Waals surface area contributed by atoms with E-state index in [4.69, 9.17) is 0 Å². The van der Waals surface area contributed by atoms with Gasteiger partial charge in [-0.3, -0.25) is 4.99 Å². The number of hydrogen-bond donors (Lipinski definition) is 0. The molecule has 34 valence electrons. The fourth-order valence-electron chi connectivity index (χ4n) is 0.557. The maximum Gasteiger partial charge on any atom is 0.0522 e. The molecule has 0 aromatic heterocycles. The van der Waals surface area contributed by atoms with Crippen LogP contribution < -0.4 is 0 Å². The molecule has 6 heavy (non-hydrogen) atoms. The Morgan fingerprint density at radius 2 is 2.33 bits per heavy atom. The van der Waals surface area contributed by atoms with Crippen LogP contribution in [-0.2, 0) is 0 Å². The van der Waals surface area contributed by atoms with E-state index in [9.17, 15) is 0 Å². The molecule has 0 heterocycles. The van der Waals surface area contributed by atoms with Gasteiger partial charge in [0.05, 0.1) is 6.04 Å². The molecule has 1 rings (SSSR count). The Kier molecular flexibility index (Phi) is 0.685. The molecule has 2 unspecified atom stereocenters. The van der Waals surface area contributed by atoms with Crippen LogP contribution in [0.1, 0.15) is 13.3 Å². The van der Waals surface area contributed by atoms with Crippen molar-refractivity contribution < 1.29 is 0 Å². The molecule has 1 aliphatic carbocycles. The van der Waals surface area contributed by atoms with Gasteiger partial charge in [-0.1, -0.05) is 6.92 Å². The van der Waals surface area contributed by atoms with Crippen LogP contribution in [0.2, 0.25) is 0 Å². The molecule has 1 fully saturated rings. The second kappa shape index (κ2) is 1.07. The van der Waals surface area contributed by atoms with Gasteiger partial charge in [-0.2, -0.15) is 0 Å². The van der Waals surface area contributed by atoms with E-state index in [1.165, 1.54) is 6.42 Å². The van der Waals surface area contributed by atoms with Crippen LogP contribution in [0.15, 0.2) is 4.99 Å². The lowest BCUT2D eigenvalue weighted by Crippen LogP contribution is -1.72. The average Bonchev–Trinajstić information content (AvgIpc) is 2.19. The number of rotatable bonds is 1. The van der Waals surface area contributed by atoms with Crippen molar-refractivity contribution in [2.24, 2.45) is 10.9 Å². The topological polar surface area (TPSA) is 12.4 Å². The molecule has 0 spiro atoms. The Morgan fingerprint density at radius 3 is 2.33 bits per heavy atom. The summed E-state index contributed by atoms with van der Waals surface area (Å²) in [5, 5.41) is 0. The molecule has 0 saturated heterocycles. The first-order valence-electron chi connectivity index (χ1n) is 2.30. The minimum atomic E-state index is 0.616. The highest BCUT2D eigenvalue weighted by atomic mass is 14.8. The van der Waals surface area contributed by atoms with E-state index >= 15 is 0 Å². The largest absolute Gasteiger partial charge is 0.297 e. The minimum Gasteiger partial charge on any atom is -0.297 e. The summed E-state index contributed by atoms with van der Waals surface area (Å²) in [7, 11) is 0. The summed E-state index contributed by atoms with van der Waals surface area (Å²) >= 11 is 0. The molecule has 1 aliphatic rings. The molecule has 1 nitrogen and oxygen atoms in total. The Bertz CT molecular complexity index is 68.3. The predicted molar refractivity (Wildman–Crippen MR) is 27.1 cm³/mol. The van der Waals surface area contributed by atoms with Crippen LogP contribution in [-0.4, -0.2) is 12.8 Å². The third-order valence-corrected chi connectivity index (χ3v) is 1.30. The van der Waals surface area contributed by atoms with Crippen molar-refractivity contribution in [1.29, 1.82) is 0 Å². The van der Waals surface area contributed by atoms with Crippen molar-refractivity contribution in [3.63, 3.8) is 0 Å². The number of aliphatic imine (C=N–C) groups is 1. The van der Waals surface area contributed by atoms with E-state index in [2.05, 4.69) is 18.6 Å². The molecule has 1 saturated carbocycles. The maximum absolute atomic E-state index is 3.83. The first-order valence-corrected chi connectivity index (χ1v) is 2.30. The third-order valence-electron chi connectivity index (χ3n) is 1.30. The van der Waals surface area contributed by atoms with Gasteiger partial charge in [0, 0.05) is 0 Å². The zero-order valence-corrected chi connectivity index (χ0v) is 4.02. The van der Waals surface area contributed by atoms with Gasteiger partial charge in [0.25, 0.3) is 0 Å². The van der Waals surface area contributed by atoms with E-state index in [-0.39, 0.29) is 0 Å². The second-order valence-corrected chi connectivity index (χ2v) is 1.96. The van der Waals surface area contributed by atoms with Gasteiger partial charge in [0.15, 0.2) is 0 Å². The van der Waals surface area contributed by atoms with Gasteiger partial charge in [-0.25, -0.2) is 0 Å². The number of nitrogens with zero attached hydrogens (tertiary/aromatic N) is 1. The fourth-order valence-corrected chi connectivity index (χ4v) is 0.557. The molecular formula is C5H9N. The lowest BCUT2D eigenvalue weighted by molar-refractivity contribution is 0.901. The first kappa shape index (κ1) is 3.85. The maximum atomic E-state index is 3.83. The van der Waals surface area contributed by atoms with Gasteiger partial charge in [-0.15, -0.1) is 0 Å². The van der Waals surface area contributed by atoms with Gasteiger partial charge >= 0.3 is 0 Å². The fraction of sp³-hybridized carbons (Fsp3) is 0.800. The molecule has 0 bridgehead atoms. The predicted octanol–water partition coefficient (Wildman–Crippen LogP) is 1.10. The monoisotopic (exact) mass is 83.1 g/mol.